The third kappa shape index (κ3) is 5.69. The lowest BCUT2D eigenvalue weighted by molar-refractivity contribution is -0.133. The summed E-state index contributed by atoms with van der Waals surface area (Å²) in [5.41, 5.74) is 6.87. The first kappa shape index (κ1) is 20.3. The van der Waals surface area contributed by atoms with E-state index in [4.69, 9.17) is 5.73 Å². The predicted molar refractivity (Wildman–Crippen MR) is 96.9 cm³/mol. The summed E-state index contributed by atoms with van der Waals surface area (Å²) in [6.07, 6.45) is 0.816. The Morgan fingerprint density at radius 2 is 1.96 bits per heavy atom. The van der Waals surface area contributed by atoms with Crippen LogP contribution >= 0.6 is 12.4 Å². The Bertz CT molecular complexity index is 539. The average molecular weight is 355 g/mol. The van der Waals surface area contributed by atoms with Gasteiger partial charge in [-0.2, -0.15) is 0 Å². The van der Waals surface area contributed by atoms with Crippen LogP contribution in [0.4, 0.5) is 4.79 Å². The third-order valence-corrected chi connectivity index (χ3v) is 4.05. The molecule has 0 aromatic heterocycles. The fraction of sp³-hybridized carbons (Fsp3) is 0.529. The van der Waals surface area contributed by atoms with Crippen molar-refractivity contribution in [2.45, 2.75) is 38.9 Å². The molecule has 24 heavy (non-hydrogen) atoms. The lowest BCUT2D eigenvalue weighted by atomic mass is 10.0. The van der Waals surface area contributed by atoms with Crippen LogP contribution in [-0.2, 0) is 11.3 Å². The number of carbonyl (C=O) groups is 2. The van der Waals surface area contributed by atoms with E-state index in [0.29, 0.717) is 19.6 Å². The minimum atomic E-state index is -0.531. The summed E-state index contributed by atoms with van der Waals surface area (Å²) in [7, 11) is 0. The maximum atomic E-state index is 12.6. The fourth-order valence-corrected chi connectivity index (χ4v) is 2.67. The van der Waals surface area contributed by atoms with Crippen molar-refractivity contribution in [2.24, 2.45) is 11.7 Å². The fourth-order valence-electron chi connectivity index (χ4n) is 2.67. The predicted octanol–water partition coefficient (Wildman–Crippen LogP) is 1.49. The van der Waals surface area contributed by atoms with Gasteiger partial charge in [0.25, 0.3) is 0 Å². The maximum absolute atomic E-state index is 12.6. The lowest BCUT2D eigenvalue weighted by Crippen LogP contribution is -2.53. The molecule has 0 aliphatic carbocycles. The Kier molecular flexibility index (Phi) is 8.01. The molecule has 1 unspecified atom stereocenters. The highest BCUT2D eigenvalue weighted by Crippen LogP contribution is 2.12. The van der Waals surface area contributed by atoms with Gasteiger partial charge in [0, 0.05) is 25.7 Å². The number of urea groups is 1. The molecule has 1 aliphatic heterocycles. The number of rotatable bonds is 5. The summed E-state index contributed by atoms with van der Waals surface area (Å²) in [5.74, 6) is -0.0374. The normalized spacial score (nSPS) is 18.0. The van der Waals surface area contributed by atoms with Gasteiger partial charge >= 0.3 is 6.03 Å². The number of nitrogens with zero attached hydrogens (tertiary/aromatic N) is 1. The number of hydrogen-bond acceptors (Lipinski definition) is 3. The van der Waals surface area contributed by atoms with Crippen molar-refractivity contribution in [1.29, 1.82) is 0 Å². The molecule has 0 bridgehead atoms. The van der Waals surface area contributed by atoms with Crippen molar-refractivity contribution in [3.8, 4) is 0 Å². The molecule has 4 N–H and O–H groups in total. The maximum Gasteiger partial charge on any atom is 0.315 e. The van der Waals surface area contributed by atoms with Gasteiger partial charge in [0.2, 0.25) is 5.91 Å². The quantitative estimate of drug-likeness (QED) is 0.748. The van der Waals surface area contributed by atoms with Gasteiger partial charge < -0.3 is 21.3 Å². The summed E-state index contributed by atoms with van der Waals surface area (Å²) in [5, 5.41) is 5.59. The van der Waals surface area contributed by atoms with E-state index in [1.54, 1.807) is 4.90 Å². The molecule has 2 rings (SSSR count). The molecule has 2 atom stereocenters. The van der Waals surface area contributed by atoms with Crippen molar-refractivity contribution < 1.29 is 9.59 Å². The number of amides is 3. The van der Waals surface area contributed by atoms with Gasteiger partial charge in [0.15, 0.2) is 0 Å². The van der Waals surface area contributed by atoms with Crippen molar-refractivity contribution in [2.75, 3.05) is 13.1 Å². The van der Waals surface area contributed by atoms with Gasteiger partial charge in [0.05, 0.1) is 0 Å². The molecule has 0 saturated carbocycles. The number of likely N-dealkylation sites (tertiary alicyclic amines) is 1. The molecule has 1 aliphatic rings. The zero-order valence-corrected chi connectivity index (χ0v) is 15.0. The van der Waals surface area contributed by atoms with E-state index in [9.17, 15) is 9.59 Å². The van der Waals surface area contributed by atoms with Crippen molar-refractivity contribution in [3.05, 3.63) is 35.9 Å². The first-order valence-corrected chi connectivity index (χ1v) is 8.10. The lowest BCUT2D eigenvalue weighted by Gasteiger charge is -2.26. The molecule has 1 aromatic rings. The first-order valence-electron chi connectivity index (χ1n) is 8.10. The third-order valence-electron chi connectivity index (χ3n) is 4.05. The molecule has 6 nitrogen and oxygen atoms in total. The number of carbonyl (C=O) groups excluding carboxylic acids is 2. The zero-order valence-electron chi connectivity index (χ0n) is 14.2. The standard InChI is InChI=1S/C17H26N4O2.ClH/c1-12(2)15(16(22)21-9-8-14(18)11-21)20-17(23)19-10-13-6-4-3-5-7-13;/h3-7,12,14-15H,8-11,18H2,1-2H3,(H2,19,20,23);1H/t14-,15?;/m1./s1. The summed E-state index contributed by atoms with van der Waals surface area (Å²) in [6.45, 7) is 5.51. The van der Waals surface area contributed by atoms with E-state index in [1.807, 2.05) is 44.2 Å². The Morgan fingerprint density at radius 3 is 2.50 bits per heavy atom. The summed E-state index contributed by atoms with van der Waals surface area (Å²) < 4.78 is 0. The monoisotopic (exact) mass is 354 g/mol. The molecule has 1 heterocycles. The number of nitrogens with one attached hydrogen (secondary N) is 2. The molecule has 1 fully saturated rings. The molecule has 3 amide bonds. The van der Waals surface area contributed by atoms with Gasteiger partial charge in [-0.25, -0.2) is 4.79 Å². The van der Waals surface area contributed by atoms with Gasteiger partial charge in [-0.15, -0.1) is 12.4 Å². The minimum absolute atomic E-state index is 0. The Balaban J connectivity index is 0.00000288. The average Bonchev–Trinajstić information content (AvgIpc) is 2.97. The van der Waals surface area contributed by atoms with E-state index < -0.39 is 6.04 Å². The summed E-state index contributed by atoms with van der Waals surface area (Å²) in [4.78, 5) is 26.4. The first-order chi connectivity index (χ1) is 11.0. The highest BCUT2D eigenvalue weighted by atomic mass is 35.5. The number of hydrogen-bond donors (Lipinski definition) is 3. The second-order valence-corrected chi connectivity index (χ2v) is 6.37. The van der Waals surface area contributed by atoms with E-state index in [1.165, 1.54) is 0 Å². The van der Waals surface area contributed by atoms with Crippen LogP contribution < -0.4 is 16.4 Å². The molecule has 1 saturated heterocycles. The Morgan fingerprint density at radius 1 is 1.29 bits per heavy atom. The summed E-state index contributed by atoms with van der Waals surface area (Å²) >= 11 is 0. The van der Waals surface area contributed by atoms with Gasteiger partial charge in [-0.05, 0) is 17.9 Å². The van der Waals surface area contributed by atoms with Gasteiger partial charge in [-0.1, -0.05) is 44.2 Å². The van der Waals surface area contributed by atoms with Gasteiger partial charge in [0.1, 0.15) is 6.04 Å². The highest BCUT2D eigenvalue weighted by Gasteiger charge is 2.32. The van der Waals surface area contributed by atoms with Crippen LogP contribution in [0.2, 0.25) is 0 Å². The van der Waals surface area contributed by atoms with Crippen molar-refractivity contribution >= 4 is 24.3 Å². The van der Waals surface area contributed by atoms with Crippen LogP contribution in [0.1, 0.15) is 25.8 Å². The largest absolute Gasteiger partial charge is 0.339 e. The van der Waals surface area contributed by atoms with E-state index in [0.717, 1.165) is 12.0 Å². The number of benzene rings is 1. The van der Waals surface area contributed by atoms with Crippen LogP contribution in [0.25, 0.3) is 0 Å². The van der Waals surface area contributed by atoms with Crippen LogP contribution in [0.5, 0.6) is 0 Å². The Labute approximate surface area is 149 Å². The number of nitrogens with two attached hydrogens (primary N) is 1. The zero-order chi connectivity index (χ0) is 16.8. The van der Waals surface area contributed by atoms with Gasteiger partial charge in [-0.3, -0.25) is 4.79 Å². The highest BCUT2D eigenvalue weighted by molar-refractivity contribution is 5.87. The molecule has 134 valence electrons. The summed E-state index contributed by atoms with van der Waals surface area (Å²) in [6, 6.07) is 8.84. The van der Waals surface area contributed by atoms with Crippen molar-refractivity contribution in [3.63, 3.8) is 0 Å². The van der Waals surface area contributed by atoms with E-state index in [2.05, 4.69) is 10.6 Å². The van der Waals surface area contributed by atoms with Crippen LogP contribution in [-0.4, -0.2) is 42.0 Å². The van der Waals surface area contributed by atoms with Crippen molar-refractivity contribution in [1.82, 2.24) is 15.5 Å². The topological polar surface area (TPSA) is 87.5 Å². The SMILES string of the molecule is CC(C)C(NC(=O)NCc1ccccc1)C(=O)N1CC[C@@H](N)C1.Cl. The number of halogens is 1. The second-order valence-electron chi connectivity index (χ2n) is 6.37. The Hall–Kier alpha value is -1.79. The molecular formula is C17H27ClN4O2. The van der Waals surface area contributed by atoms with Crippen LogP contribution in [0.15, 0.2) is 30.3 Å². The molecule has 1 aromatic carbocycles. The molecule has 0 spiro atoms. The molecule has 0 radical (unpaired) electrons. The smallest absolute Gasteiger partial charge is 0.315 e. The molecular weight excluding hydrogens is 328 g/mol. The van der Waals surface area contributed by atoms with Crippen LogP contribution in [0.3, 0.4) is 0 Å². The molecule has 7 heteroatoms. The minimum Gasteiger partial charge on any atom is -0.339 e. The van der Waals surface area contributed by atoms with Crippen LogP contribution in [0, 0.1) is 5.92 Å². The second kappa shape index (κ2) is 9.49. The van der Waals surface area contributed by atoms with E-state index in [-0.39, 0.29) is 36.3 Å². The van der Waals surface area contributed by atoms with E-state index >= 15 is 0 Å².